The third-order valence-corrected chi connectivity index (χ3v) is 3.75. The summed E-state index contributed by atoms with van der Waals surface area (Å²) in [6.45, 7) is 4.10. The Bertz CT molecular complexity index is 410. The van der Waals surface area contributed by atoms with Crippen LogP contribution in [0.3, 0.4) is 0 Å². The fourth-order valence-corrected chi connectivity index (χ4v) is 2.25. The van der Waals surface area contributed by atoms with Crippen LogP contribution in [0, 0.1) is 6.92 Å². The predicted molar refractivity (Wildman–Crippen MR) is 77.8 cm³/mol. The fraction of sp³-hybridized carbons (Fsp3) is 0.462. The second kappa shape index (κ2) is 7.28. The minimum Gasteiger partial charge on any atom is -0.397 e. The topological polar surface area (TPSA) is 75.3 Å². The van der Waals surface area contributed by atoms with E-state index in [-0.39, 0.29) is 17.8 Å². The van der Waals surface area contributed by atoms with Gasteiger partial charge in [0.15, 0.2) is 0 Å². The molecule has 1 amide bonds. The summed E-state index contributed by atoms with van der Waals surface area (Å²) in [5, 5.41) is 11.8. The van der Waals surface area contributed by atoms with E-state index in [9.17, 15) is 4.79 Å². The van der Waals surface area contributed by atoms with Gasteiger partial charge in [0.1, 0.15) is 0 Å². The van der Waals surface area contributed by atoms with E-state index >= 15 is 0 Å². The Morgan fingerprint density at radius 1 is 1.56 bits per heavy atom. The summed E-state index contributed by atoms with van der Waals surface area (Å²) >= 11 is 1.52. The number of nitrogen functional groups attached to an aromatic ring is 1. The number of rotatable bonds is 6. The maximum atomic E-state index is 11.7. The highest BCUT2D eigenvalue weighted by atomic mass is 32.2. The number of amides is 1. The third kappa shape index (κ3) is 4.98. The number of anilines is 2. The van der Waals surface area contributed by atoms with Crippen molar-refractivity contribution < 1.29 is 9.90 Å². The molecule has 4 nitrogen and oxygen atoms in total. The summed E-state index contributed by atoms with van der Waals surface area (Å²) in [4.78, 5) is 11.7. The van der Waals surface area contributed by atoms with Crippen LogP contribution in [0.2, 0.25) is 0 Å². The fourth-order valence-electron chi connectivity index (χ4n) is 1.47. The summed E-state index contributed by atoms with van der Waals surface area (Å²) in [5.41, 5.74) is 8.12. The molecular formula is C13H20N2O2S. The van der Waals surface area contributed by atoms with Crippen molar-refractivity contribution in [3.05, 3.63) is 23.8 Å². The van der Waals surface area contributed by atoms with Gasteiger partial charge in [0.2, 0.25) is 5.91 Å². The molecule has 0 aliphatic heterocycles. The predicted octanol–water partition coefficient (Wildman–Crippen LogP) is 2.02. The van der Waals surface area contributed by atoms with Crippen LogP contribution in [0.15, 0.2) is 18.2 Å². The zero-order chi connectivity index (χ0) is 13.5. The minimum atomic E-state index is -0.0691. The lowest BCUT2D eigenvalue weighted by atomic mass is 10.2. The molecule has 1 aromatic rings. The molecule has 5 heteroatoms. The van der Waals surface area contributed by atoms with Gasteiger partial charge < -0.3 is 16.2 Å². The molecule has 0 aliphatic carbocycles. The molecule has 0 aromatic heterocycles. The Balaban J connectivity index is 2.44. The van der Waals surface area contributed by atoms with Crippen molar-refractivity contribution in [2.75, 3.05) is 23.4 Å². The molecule has 0 fully saturated rings. The van der Waals surface area contributed by atoms with E-state index in [4.69, 9.17) is 10.8 Å². The third-order valence-electron chi connectivity index (χ3n) is 2.52. The van der Waals surface area contributed by atoms with E-state index < -0.39 is 0 Å². The minimum absolute atomic E-state index is 0.0691. The summed E-state index contributed by atoms with van der Waals surface area (Å²) in [7, 11) is 0. The number of hydrogen-bond acceptors (Lipinski definition) is 4. The molecule has 1 rings (SSSR count). The molecule has 100 valence electrons. The Kier molecular flexibility index (Phi) is 6.01. The van der Waals surface area contributed by atoms with Crippen molar-refractivity contribution in [3.63, 3.8) is 0 Å². The van der Waals surface area contributed by atoms with Gasteiger partial charge in [-0.25, -0.2) is 0 Å². The van der Waals surface area contributed by atoms with E-state index in [1.54, 1.807) is 0 Å². The molecule has 0 radical (unpaired) electrons. The number of carbonyl (C=O) groups is 1. The summed E-state index contributed by atoms with van der Waals surface area (Å²) < 4.78 is 0. The van der Waals surface area contributed by atoms with E-state index in [2.05, 4.69) is 5.32 Å². The lowest BCUT2D eigenvalue weighted by Gasteiger charge is -2.11. The molecule has 1 atom stereocenters. The number of aryl methyl sites for hydroxylation is 1. The lowest BCUT2D eigenvalue weighted by Crippen LogP contribution is -2.17. The first-order valence-corrected chi connectivity index (χ1v) is 6.96. The first-order valence-electron chi connectivity index (χ1n) is 5.91. The summed E-state index contributed by atoms with van der Waals surface area (Å²) in [6.07, 6.45) is 0.699. The number of aliphatic hydroxyl groups is 1. The van der Waals surface area contributed by atoms with Crippen molar-refractivity contribution in [1.29, 1.82) is 0 Å². The number of nitrogens with one attached hydrogen (secondary N) is 1. The maximum absolute atomic E-state index is 11.7. The van der Waals surface area contributed by atoms with Crippen LogP contribution in [0.4, 0.5) is 11.4 Å². The SMILES string of the molecule is Cc1ccc(NC(=O)CSC(C)CCO)c(N)c1. The number of aliphatic hydroxyl groups excluding tert-OH is 1. The van der Waals surface area contributed by atoms with Crippen LogP contribution >= 0.6 is 11.8 Å². The average molecular weight is 268 g/mol. The second-order valence-corrected chi connectivity index (χ2v) is 5.70. The Morgan fingerprint density at radius 2 is 2.28 bits per heavy atom. The first kappa shape index (κ1) is 14.9. The van der Waals surface area contributed by atoms with Gasteiger partial charge in [-0.05, 0) is 31.0 Å². The van der Waals surface area contributed by atoms with Crippen molar-refractivity contribution >= 4 is 29.0 Å². The molecule has 0 aliphatic rings. The Morgan fingerprint density at radius 3 is 2.89 bits per heavy atom. The van der Waals surface area contributed by atoms with Crippen molar-refractivity contribution in [1.82, 2.24) is 0 Å². The van der Waals surface area contributed by atoms with Gasteiger partial charge in [-0.3, -0.25) is 4.79 Å². The Labute approximate surface area is 112 Å². The van der Waals surface area contributed by atoms with Gasteiger partial charge in [-0.15, -0.1) is 11.8 Å². The molecule has 0 saturated heterocycles. The molecule has 1 unspecified atom stereocenters. The Hall–Kier alpha value is -1.20. The van der Waals surface area contributed by atoms with Crippen LogP contribution in [0.1, 0.15) is 18.9 Å². The summed E-state index contributed by atoms with van der Waals surface area (Å²) in [5.74, 6) is 0.300. The van der Waals surface area contributed by atoms with Gasteiger partial charge in [0.25, 0.3) is 0 Å². The van der Waals surface area contributed by atoms with Gasteiger partial charge in [0.05, 0.1) is 17.1 Å². The first-order chi connectivity index (χ1) is 8.52. The van der Waals surface area contributed by atoms with Crippen molar-refractivity contribution in [2.45, 2.75) is 25.5 Å². The quantitative estimate of drug-likeness (QED) is 0.690. The van der Waals surface area contributed by atoms with Gasteiger partial charge in [-0.1, -0.05) is 13.0 Å². The van der Waals surface area contributed by atoms with Gasteiger partial charge in [-0.2, -0.15) is 0 Å². The maximum Gasteiger partial charge on any atom is 0.234 e. The normalized spacial score (nSPS) is 12.2. The highest BCUT2D eigenvalue weighted by molar-refractivity contribution is 8.00. The highest BCUT2D eigenvalue weighted by Crippen LogP contribution is 2.20. The molecule has 18 heavy (non-hydrogen) atoms. The largest absolute Gasteiger partial charge is 0.397 e. The standard InChI is InChI=1S/C13H20N2O2S/c1-9-3-4-12(11(14)7-9)15-13(17)8-18-10(2)5-6-16/h3-4,7,10,16H,5-6,8,14H2,1-2H3,(H,15,17). The van der Waals surface area contributed by atoms with E-state index in [1.165, 1.54) is 11.8 Å². The molecule has 0 heterocycles. The summed E-state index contributed by atoms with van der Waals surface area (Å²) in [6, 6.07) is 5.55. The number of hydrogen-bond donors (Lipinski definition) is 3. The number of carbonyl (C=O) groups excluding carboxylic acids is 1. The van der Waals surface area contributed by atoms with Gasteiger partial charge >= 0.3 is 0 Å². The number of benzene rings is 1. The number of nitrogens with two attached hydrogens (primary N) is 1. The van der Waals surface area contributed by atoms with E-state index in [0.29, 0.717) is 23.5 Å². The molecule has 1 aromatic carbocycles. The smallest absolute Gasteiger partial charge is 0.234 e. The van der Waals surface area contributed by atoms with Crippen LogP contribution < -0.4 is 11.1 Å². The zero-order valence-corrected chi connectivity index (χ0v) is 11.6. The molecule has 0 spiro atoms. The van der Waals surface area contributed by atoms with Crippen LogP contribution in [-0.2, 0) is 4.79 Å². The molecule has 0 bridgehead atoms. The van der Waals surface area contributed by atoms with E-state index in [1.807, 2.05) is 32.0 Å². The average Bonchev–Trinajstić information content (AvgIpc) is 2.31. The van der Waals surface area contributed by atoms with Crippen LogP contribution in [0.25, 0.3) is 0 Å². The second-order valence-electron chi connectivity index (χ2n) is 4.27. The molecule has 4 N–H and O–H groups in total. The zero-order valence-electron chi connectivity index (χ0n) is 10.8. The number of thioether (sulfide) groups is 1. The van der Waals surface area contributed by atoms with Crippen LogP contribution in [0.5, 0.6) is 0 Å². The molecule has 0 saturated carbocycles. The highest BCUT2D eigenvalue weighted by Gasteiger charge is 2.08. The lowest BCUT2D eigenvalue weighted by molar-refractivity contribution is -0.113. The van der Waals surface area contributed by atoms with Crippen LogP contribution in [-0.4, -0.2) is 28.6 Å². The van der Waals surface area contributed by atoms with E-state index in [0.717, 1.165) is 5.56 Å². The molecular weight excluding hydrogens is 248 g/mol. The monoisotopic (exact) mass is 268 g/mol. The van der Waals surface area contributed by atoms with Crippen molar-refractivity contribution in [3.8, 4) is 0 Å². The van der Waals surface area contributed by atoms with Gasteiger partial charge in [0, 0.05) is 11.9 Å². The van der Waals surface area contributed by atoms with Crippen molar-refractivity contribution in [2.24, 2.45) is 0 Å².